The number of aromatic carboxylic acids is 1. The van der Waals surface area contributed by atoms with Gasteiger partial charge in [-0.25, -0.2) is 14.6 Å². The highest BCUT2D eigenvalue weighted by atomic mass is 35.5. The van der Waals surface area contributed by atoms with Gasteiger partial charge in [0.25, 0.3) is 5.56 Å². The highest BCUT2D eigenvalue weighted by Gasteiger charge is 2.35. The fourth-order valence-electron chi connectivity index (χ4n) is 5.61. The fraction of sp³-hybridized carbons (Fsp3) is 0.158. The van der Waals surface area contributed by atoms with Crippen molar-refractivity contribution in [3.05, 3.63) is 149 Å². The summed E-state index contributed by atoms with van der Waals surface area (Å²) in [5.41, 5.74) is 3.00. The number of halogens is 1. The molecule has 254 valence electrons. The second-order valence-corrected chi connectivity index (χ2v) is 12.4. The Morgan fingerprint density at radius 2 is 1.74 bits per heavy atom. The second kappa shape index (κ2) is 14.9. The third-order valence-corrected chi connectivity index (χ3v) is 9.18. The molecular formula is C38H31ClN2O8S. The molecule has 6 rings (SSSR count). The smallest absolute Gasteiger partial charge is 0.338 e. The van der Waals surface area contributed by atoms with Gasteiger partial charge < -0.3 is 24.1 Å². The SMILES string of the molecule is CCOC(=O)C1=C(c2ccccc2)N=c2s/c(=C/c3cc(Cl)c(OCc4cccc(C(=O)O)c4)c(OC)c3)c(=O)n2[C@@H]1c1ccc(OC)cc1. The van der Waals surface area contributed by atoms with Crippen molar-refractivity contribution in [2.45, 2.75) is 19.6 Å². The first kappa shape index (κ1) is 34.2. The molecule has 2 heterocycles. The van der Waals surface area contributed by atoms with E-state index in [1.807, 2.05) is 42.5 Å². The Hall–Kier alpha value is -5.65. The van der Waals surface area contributed by atoms with Crippen molar-refractivity contribution in [1.29, 1.82) is 0 Å². The van der Waals surface area contributed by atoms with Crippen LogP contribution in [-0.4, -0.2) is 42.4 Å². The van der Waals surface area contributed by atoms with Crippen LogP contribution in [0.15, 0.2) is 106 Å². The predicted molar refractivity (Wildman–Crippen MR) is 190 cm³/mol. The van der Waals surface area contributed by atoms with E-state index in [4.69, 9.17) is 35.5 Å². The number of thiazole rings is 1. The maximum Gasteiger partial charge on any atom is 0.338 e. The lowest BCUT2D eigenvalue weighted by Crippen LogP contribution is -2.40. The Labute approximate surface area is 295 Å². The Morgan fingerprint density at radius 3 is 2.42 bits per heavy atom. The summed E-state index contributed by atoms with van der Waals surface area (Å²) in [6.45, 7) is 1.92. The van der Waals surface area contributed by atoms with Crippen molar-refractivity contribution in [3.8, 4) is 17.2 Å². The summed E-state index contributed by atoms with van der Waals surface area (Å²) in [6.07, 6.45) is 1.68. The average molecular weight is 711 g/mol. The standard InChI is InChI=1S/C38H31ClN2O8S/c1-4-48-37(45)31-32(24-10-6-5-7-11-24)40-38-41(33(31)25-13-15-27(46-2)16-14-25)35(42)30(50-38)20-23-18-28(39)34(29(19-23)47-3)49-21-22-9-8-12-26(17-22)36(43)44/h5-20,33H,4,21H2,1-3H3,(H,43,44)/b30-20+/t33-/m1/s1. The number of nitrogens with zero attached hydrogens (tertiary/aromatic N) is 2. The Kier molecular flexibility index (Phi) is 10.2. The molecule has 12 heteroatoms. The minimum Gasteiger partial charge on any atom is -0.497 e. The number of carbonyl (C=O) groups is 2. The van der Waals surface area contributed by atoms with Crippen molar-refractivity contribution in [2.24, 2.45) is 4.99 Å². The van der Waals surface area contributed by atoms with Gasteiger partial charge in [0.1, 0.15) is 12.4 Å². The van der Waals surface area contributed by atoms with E-state index in [1.165, 1.54) is 35.1 Å². The van der Waals surface area contributed by atoms with Crippen LogP contribution in [0.4, 0.5) is 0 Å². The monoisotopic (exact) mass is 710 g/mol. The zero-order valence-corrected chi connectivity index (χ0v) is 28.8. The minimum absolute atomic E-state index is 0.0487. The van der Waals surface area contributed by atoms with E-state index in [-0.39, 0.29) is 40.7 Å². The largest absolute Gasteiger partial charge is 0.497 e. The van der Waals surface area contributed by atoms with Crippen LogP contribution in [0.5, 0.6) is 17.2 Å². The molecule has 0 bridgehead atoms. The number of esters is 1. The summed E-state index contributed by atoms with van der Waals surface area (Å²) in [5, 5.41) is 9.55. The quantitative estimate of drug-likeness (QED) is 0.169. The molecule has 1 aliphatic rings. The molecule has 0 spiro atoms. The summed E-state index contributed by atoms with van der Waals surface area (Å²) in [6, 6.07) is 25.4. The number of methoxy groups -OCH3 is 2. The number of hydrogen-bond acceptors (Lipinski definition) is 9. The van der Waals surface area contributed by atoms with Crippen molar-refractivity contribution >= 4 is 46.6 Å². The first-order valence-electron chi connectivity index (χ1n) is 15.5. The number of carbonyl (C=O) groups excluding carboxylic acids is 1. The topological polar surface area (TPSA) is 126 Å². The average Bonchev–Trinajstić information content (AvgIpc) is 3.44. The van der Waals surface area contributed by atoms with Crippen LogP contribution in [0, 0.1) is 0 Å². The van der Waals surface area contributed by atoms with Crippen molar-refractivity contribution in [3.63, 3.8) is 0 Å². The number of carboxylic acid groups (broad SMARTS) is 1. The van der Waals surface area contributed by atoms with Crippen LogP contribution in [0.3, 0.4) is 0 Å². The molecule has 5 aromatic rings. The Morgan fingerprint density at radius 1 is 0.980 bits per heavy atom. The van der Waals surface area contributed by atoms with Gasteiger partial charge in [0, 0.05) is 5.56 Å². The predicted octanol–water partition coefficient (Wildman–Crippen LogP) is 5.88. The molecule has 0 amide bonds. The number of benzene rings is 4. The van der Waals surface area contributed by atoms with Gasteiger partial charge in [-0.05, 0) is 66.1 Å². The lowest BCUT2D eigenvalue weighted by molar-refractivity contribution is -0.138. The zero-order chi connectivity index (χ0) is 35.4. The molecule has 0 saturated carbocycles. The third-order valence-electron chi connectivity index (χ3n) is 7.91. The van der Waals surface area contributed by atoms with Gasteiger partial charge in [0.05, 0.1) is 53.3 Å². The molecule has 1 atom stereocenters. The van der Waals surface area contributed by atoms with Crippen LogP contribution in [0.25, 0.3) is 11.8 Å². The molecule has 1 aromatic heterocycles. The van der Waals surface area contributed by atoms with Crippen LogP contribution < -0.4 is 29.1 Å². The molecule has 50 heavy (non-hydrogen) atoms. The molecule has 0 fully saturated rings. The maximum atomic E-state index is 14.3. The molecule has 0 radical (unpaired) electrons. The van der Waals surface area contributed by atoms with Gasteiger partial charge in [-0.3, -0.25) is 9.36 Å². The van der Waals surface area contributed by atoms with Gasteiger partial charge in [0.15, 0.2) is 16.3 Å². The number of aromatic nitrogens is 1. The highest BCUT2D eigenvalue weighted by Crippen LogP contribution is 2.38. The molecule has 4 aromatic carbocycles. The number of carboxylic acids is 1. The summed E-state index contributed by atoms with van der Waals surface area (Å²) in [7, 11) is 3.04. The van der Waals surface area contributed by atoms with E-state index in [1.54, 1.807) is 56.5 Å². The van der Waals surface area contributed by atoms with Gasteiger partial charge in [-0.2, -0.15) is 0 Å². The lowest BCUT2D eigenvalue weighted by atomic mass is 9.93. The van der Waals surface area contributed by atoms with Crippen molar-refractivity contribution in [1.82, 2.24) is 4.57 Å². The van der Waals surface area contributed by atoms with E-state index < -0.39 is 18.0 Å². The fourth-order valence-corrected chi connectivity index (χ4v) is 6.88. The Balaban J connectivity index is 1.47. The van der Waals surface area contributed by atoms with Crippen LogP contribution >= 0.6 is 22.9 Å². The van der Waals surface area contributed by atoms with Crippen LogP contribution in [0.1, 0.15) is 45.6 Å². The summed E-state index contributed by atoms with van der Waals surface area (Å²) >= 11 is 7.86. The maximum absolute atomic E-state index is 14.3. The second-order valence-electron chi connectivity index (χ2n) is 11.0. The molecule has 1 N–H and O–H groups in total. The van der Waals surface area contributed by atoms with E-state index in [0.29, 0.717) is 48.8 Å². The molecule has 10 nitrogen and oxygen atoms in total. The van der Waals surface area contributed by atoms with E-state index in [9.17, 15) is 19.5 Å². The number of rotatable bonds is 11. The van der Waals surface area contributed by atoms with E-state index >= 15 is 0 Å². The van der Waals surface area contributed by atoms with E-state index in [2.05, 4.69) is 0 Å². The molecular weight excluding hydrogens is 680 g/mol. The van der Waals surface area contributed by atoms with Gasteiger partial charge in [-0.15, -0.1) is 0 Å². The van der Waals surface area contributed by atoms with Crippen LogP contribution in [-0.2, 0) is 16.1 Å². The molecule has 1 aliphatic heterocycles. The van der Waals surface area contributed by atoms with Crippen molar-refractivity contribution in [2.75, 3.05) is 20.8 Å². The third kappa shape index (κ3) is 6.91. The van der Waals surface area contributed by atoms with Gasteiger partial charge >= 0.3 is 11.9 Å². The summed E-state index contributed by atoms with van der Waals surface area (Å²) in [4.78, 5) is 44.6. The van der Waals surface area contributed by atoms with Gasteiger partial charge in [0.2, 0.25) is 0 Å². The molecule has 0 saturated heterocycles. The van der Waals surface area contributed by atoms with E-state index in [0.717, 1.165) is 0 Å². The number of ether oxygens (including phenoxy) is 4. The first-order valence-corrected chi connectivity index (χ1v) is 16.7. The Bertz CT molecular complexity index is 2300. The minimum atomic E-state index is -1.04. The van der Waals surface area contributed by atoms with Crippen LogP contribution in [0.2, 0.25) is 5.02 Å². The lowest BCUT2D eigenvalue weighted by Gasteiger charge is -2.26. The molecule has 0 aliphatic carbocycles. The summed E-state index contributed by atoms with van der Waals surface area (Å²) < 4.78 is 24.3. The van der Waals surface area contributed by atoms with Gasteiger partial charge in [-0.1, -0.05) is 77.5 Å². The highest BCUT2D eigenvalue weighted by molar-refractivity contribution is 7.07. The zero-order valence-electron chi connectivity index (χ0n) is 27.2. The van der Waals surface area contributed by atoms with Crippen molar-refractivity contribution < 1.29 is 33.6 Å². The molecule has 0 unspecified atom stereocenters. The first-order chi connectivity index (χ1) is 24.2. The summed E-state index contributed by atoms with van der Waals surface area (Å²) in [5.74, 6) is -0.413. The normalized spacial score (nSPS) is 14.1. The number of fused-ring (bicyclic) bond motifs is 1. The number of hydrogen-bond donors (Lipinski definition) is 1.